The van der Waals surface area contributed by atoms with E-state index in [-0.39, 0.29) is 18.2 Å². The Balaban J connectivity index is 2.45. The van der Waals surface area contributed by atoms with Gasteiger partial charge in [0.2, 0.25) is 5.91 Å². The van der Waals surface area contributed by atoms with Gasteiger partial charge in [-0.25, -0.2) is 0 Å². The van der Waals surface area contributed by atoms with Gasteiger partial charge in [-0.05, 0) is 24.1 Å². The fraction of sp³-hybridized carbons (Fsp3) is 0.308. The van der Waals surface area contributed by atoms with Crippen LogP contribution >= 0.6 is 0 Å². The number of hydrogen-bond donors (Lipinski definition) is 2. The van der Waals surface area contributed by atoms with Gasteiger partial charge in [0.25, 0.3) is 0 Å². The van der Waals surface area contributed by atoms with E-state index in [2.05, 4.69) is 16.6 Å². The van der Waals surface area contributed by atoms with Crippen LogP contribution in [0.4, 0.5) is 8.78 Å². The number of rotatable bonds is 7. The van der Waals surface area contributed by atoms with Gasteiger partial charge in [0.1, 0.15) is 5.75 Å². The van der Waals surface area contributed by atoms with Gasteiger partial charge in [-0.3, -0.25) is 4.79 Å². The monoisotopic (exact) mass is 270 g/mol. The van der Waals surface area contributed by atoms with Crippen molar-refractivity contribution in [2.45, 2.75) is 25.6 Å². The standard InChI is InChI=1S/C13H16F2N2O2/c1-2-3-11(16)12(18)17-8-9-4-6-10(7-5-9)19-13(14)15/h2,4-7,11,13H,1,3,8,16H2,(H,17,18). The van der Waals surface area contributed by atoms with E-state index in [0.717, 1.165) is 5.56 Å². The predicted molar refractivity (Wildman–Crippen MR) is 67.7 cm³/mol. The van der Waals surface area contributed by atoms with Crippen LogP contribution in [0.25, 0.3) is 0 Å². The highest BCUT2D eigenvalue weighted by atomic mass is 19.3. The molecule has 0 saturated heterocycles. The molecule has 1 unspecified atom stereocenters. The van der Waals surface area contributed by atoms with Crippen LogP contribution in [0.3, 0.4) is 0 Å². The second kappa shape index (κ2) is 7.48. The van der Waals surface area contributed by atoms with Crippen LogP contribution in [0.2, 0.25) is 0 Å². The first-order chi connectivity index (χ1) is 9.02. The summed E-state index contributed by atoms with van der Waals surface area (Å²) in [5, 5.41) is 2.64. The minimum absolute atomic E-state index is 0.0773. The average molecular weight is 270 g/mol. The van der Waals surface area contributed by atoms with Crippen molar-refractivity contribution < 1.29 is 18.3 Å². The Labute approximate surface area is 110 Å². The van der Waals surface area contributed by atoms with E-state index in [4.69, 9.17) is 5.73 Å². The summed E-state index contributed by atoms with van der Waals surface area (Å²) in [6.07, 6.45) is 1.97. The highest BCUT2D eigenvalue weighted by Gasteiger charge is 2.10. The molecular formula is C13H16F2N2O2. The van der Waals surface area contributed by atoms with Crippen molar-refractivity contribution in [2.24, 2.45) is 5.73 Å². The number of nitrogens with one attached hydrogen (secondary N) is 1. The van der Waals surface area contributed by atoms with Crippen LogP contribution in [0, 0.1) is 0 Å². The fourth-order valence-corrected chi connectivity index (χ4v) is 1.40. The quantitative estimate of drug-likeness (QED) is 0.743. The third kappa shape index (κ3) is 5.48. The van der Waals surface area contributed by atoms with Gasteiger partial charge in [0.05, 0.1) is 6.04 Å². The van der Waals surface area contributed by atoms with Crippen LogP contribution < -0.4 is 15.8 Å². The number of alkyl halides is 2. The maximum atomic E-state index is 11.9. The summed E-state index contributed by atoms with van der Waals surface area (Å²) < 4.78 is 28.1. The first kappa shape index (κ1) is 15.1. The van der Waals surface area contributed by atoms with Crippen LogP contribution in [0.5, 0.6) is 5.75 Å². The summed E-state index contributed by atoms with van der Waals surface area (Å²) in [6.45, 7) is 0.931. The number of amides is 1. The van der Waals surface area contributed by atoms with Crippen molar-refractivity contribution >= 4 is 5.91 Å². The first-order valence-electron chi connectivity index (χ1n) is 5.71. The summed E-state index contributed by atoms with van der Waals surface area (Å²) in [4.78, 5) is 11.5. The number of carbonyl (C=O) groups excluding carboxylic acids is 1. The lowest BCUT2D eigenvalue weighted by Gasteiger charge is -2.10. The molecule has 4 nitrogen and oxygen atoms in total. The number of halogens is 2. The second-order valence-electron chi connectivity index (χ2n) is 3.87. The van der Waals surface area contributed by atoms with Crippen LogP contribution in [0.1, 0.15) is 12.0 Å². The summed E-state index contributed by atoms with van der Waals surface area (Å²) in [5.74, 6) is -0.207. The maximum Gasteiger partial charge on any atom is 0.387 e. The first-order valence-corrected chi connectivity index (χ1v) is 5.71. The minimum atomic E-state index is -2.84. The molecule has 1 rings (SSSR count). The molecule has 0 fully saturated rings. The molecule has 0 aliphatic heterocycles. The summed E-state index contributed by atoms with van der Waals surface area (Å²) in [6, 6.07) is 5.39. The molecule has 6 heteroatoms. The van der Waals surface area contributed by atoms with Crippen molar-refractivity contribution in [1.82, 2.24) is 5.32 Å². The highest BCUT2D eigenvalue weighted by molar-refractivity contribution is 5.81. The molecule has 0 radical (unpaired) electrons. The van der Waals surface area contributed by atoms with E-state index in [1.54, 1.807) is 18.2 Å². The molecular weight excluding hydrogens is 254 g/mol. The van der Waals surface area contributed by atoms with Crippen LogP contribution in [-0.4, -0.2) is 18.6 Å². The molecule has 0 saturated carbocycles. The van der Waals surface area contributed by atoms with Crippen LogP contribution in [0.15, 0.2) is 36.9 Å². The van der Waals surface area contributed by atoms with E-state index >= 15 is 0 Å². The molecule has 3 N–H and O–H groups in total. The van der Waals surface area contributed by atoms with Crippen molar-refractivity contribution in [3.8, 4) is 5.75 Å². The Bertz CT molecular complexity index is 421. The molecule has 0 spiro atoms. The van der Waals surface area contributed by atoms with E-state index in [9.17, 15) is 13.6 Å². The van der Waals surface area contributed by atoms with Gasteiger partial charge in [-0.1, -0.05) is 18.2 Å². The number of nitrogens with two attached hydrogens (primary N) is 1. The Morgan fingerprint density at radius 2 is 2.05 bits per heavy atom. The number of carbonyl (C=O) groups is 1. The van der Waals surface area contributed by atoms with Crippen molar-refractivity contribution in [1.29, 1.82) is 0 Å². The molecule has 0 bridgehead atoms. The van der Waals surface area contributed by atoms with Crippen molar-refractivity contribution in [3.63, 3.8) is 0 Å². The lowest BCUT2D eigenvalue weighted by atomic mass is 10.2. The van der Waals surface area contributed by atoms with Gasteiger partial charge in [0, 0.05) is 6.54 Å². The molecule has 0 aliphatic rings. The Kier molecular flexibility index (Phi) is 5.95. The number of hydrogen-bond acceptors (Lipinski definition) is 3. The smallest absolute Gasteiger partial charge is 0.387 e. The second-order valence-corrected chi connectivity index (χ2v) is 3.87. The molecule has 1 aromatic rings. The zero-order valence-electron chi connectivity index (χ0n) is 10.3. The lowest BCUT2D eigenvalue weighted by Crippen LogP contribution is -2.39. The predicted octanol–water partition coefficient (Wildman–Crippen LogP) is 1.81. The third-order valence-corrected chi connectivity index (χ3v) is 2.37. The van der Waals surface area contributed by atoms with Crippen molar-refractivity contribution in [2.75, 3.05) is 0 Å². The normalized spacial score (nSPS) is 12.0. The topological polar surface area (TPSA) is 64.4 Å². The van der Waals surface area contributed by atoms with Crippen LogP contribution in [-0.2, 0) is 11.3 Å². The zero-order chi connectivity index (χ0) is 14.3. The number of benzene rings is 1. The molecule has 0 aromatic heterocycles. The summed E-state index contributed by atoms with van der Waals surface area (Å²) >= 11 is 0. The molecule has 1 amide bonds. The highest BCUT2D eigenvalue weighted by Crippen LogP contribution is 2.14. The van der Waals surface area contributed by atoms with E-state index in [1.807, 2.05) is 0 Å². The van der Waals surface area contributed by atoms with E-state index in [1.165, 1.54) is 12.1 Å². The van der Waals surface area contributed by atoms with Gasteiger partial charge in [0.15, 0.2) is 0 Å². The Morgan fingerprint density at radius 3 is 2.58 bits per heavy atom. The maximum absolute atomic E-state index is 11.9. The van der Waals surface area contributed by atoms with Gasteiger partial charge in [-0.15, -0.1) is 6.58 Å². The molecule has 0 aliphatic carbocycles. The summed E-state index contributed by atoms with van der Waals surface area (Å²) in [5.41, 5.74) is 6.35. The lowest BCUT2D eigenvalue weighted by molar-refractivity contribution is -0.122. The SMILES string of the molecule is C=CCC(N)C(=O)NCc1ccc(OC(F)F)cc1. The van der Waals surface area contributed by atoms with E-state index in [0.29, 0.717) is 6.42 Å². The van der Waals surface area contributed by atoms with Gasteiger partial charge >= 0.3 is 6.61 Å². The Hall–Kier alpha value is -1.95. The number of ether oxygens (including phenoxy) is 1. The van der Waals surface area contributed by atoms with E-state index < -0.39 is 12.7 Å². The molecule has 1 aromatic carbocycles. The molecule has 1 atom stereocenters. The van der Waals surface area contributed by atoms with Gasteiger partial charge in [-0.2, -0.15) is 8.78 Å². The molecule has 19 heavy (non-hydrogen) atoms. The largest absolute Gasteiger partial charge is 0.435 e. The summed E-state index contributed by atoms with van der Waals surface area (Å²) in [7, 11) is 0. The zero-order valence-corrected chi connectivity index (χ0v) is 10.3. The van der Waals surface area contributed by atoms with Crippen molar-refractivity contribution in [3.05, 3.63) is 42.5 Å². The Morgan fingerprint density at radius 1 is 1.42 bits per heavy atom. The minimum Gasteiger partial charge on any atom is -0.435 e. The van der Waals surface area contributed by atoms with Gasteiger partial charge < -0.3 is 15.8 Å². The molecule has 104 valence electrons. The molecule has 0 heterocycles. The fourth-order valence-electron chi connectivity index (χ4n) is 1.40. The third-order valence-electron chi connectivity index (χ3n) is 2.37. The average Bonchev–Trinajstić information content (AvgIpc) is 2.37.